The highest BCUT2D eigenvalue weighted by Crippen LogP contribution is 2.34. The Kier molecular flexibility index (Phi) is 2.87. The van der Waals surface area contributed by atoms with Crippen LogP contribution in [0.5, 0.6) is 5.75 Å². The second-order valence-corrected chi connectivity index (χ2v) is 4.86. The Bertz CT molecular complexity index is 664. The smallest absolute Gasteiger partial charge is 0.262 e. The SMILES string of the molecule is O=C1COc2cc(C(=O)c3ccoc3)c(Br)cc2N1. The molecule has 19 heavy (non-hydrogen) atoms. The quantitative estimate of drug-likeness (QED) is 0.863. The van der Waals surface area contributed by atoms with Gasteiger partial charge >= 0.3 is 0 Å². The van der Waals surface area contributed by atoms with Gasteiger partial charge in [0.1, 0.15) is 12.0 Å². The highest BCUT2D eigenvalue weighted by molar-refractivity contribution is 9.10. The summed E-state index contributed by atoms with van der Waals surface area (Å²) < 4.78 is 10.8. The summed E-state index contributed by atoms with van der Waals surface area (Å²) in [6, 6.07) is 4.85. The number of anilines is 1. The van der Waals surface area contributed by atoms with Crippen LogP contribution in [-0.4, -0.2) is 18.3 Å². The number of ether oxygens (including phenoxy) is 1. The predicted octanol–water partition coefficient (Wildman–Crippen LogP) is 2.60. The van der Waals surface area contributed by atoms with Crippen LogP contribution in [-0.2, 0) is 4.79 Å². The van der Waals surface area contributed by atoms with Gasteiger partial charge in [-0.1, -0.05) is 0 Å². The number of nitrogens with one attached hydrogen (secondary N) is 1. The summed E-state index contributed by atoms with van der Waals surface area (Å²) in [4.78, 5) is 23.5. The Morgan fingerprint density at radius 1 is 1.37 bits per heavy atom. The van der Waals surface area contributed by atoms with Crippen molar-refractivity contribution in [3.8, 4) is 5.75 Å². The molecule has 0 spiro atoms. The van der Waals surface area contributed by atoms with Crippen molar-refractivity contribution in [1.29, 1.82) is 0 Å². The van der Waals surface area contributed by atoms with Crippen molar-refractivity contribution in [2.75, 3.05) is 11.9 Å². The highest BCUT2D eigenvalue weighted by atomic mass is 79.9. The Balaban J connectivity index is 2.04. The maximum Gasteiger partial charge on any atom is 0.262 e. The molecule has 5 nitrogen and oxygen atoms in total. The summed E-state index contributed by atoms with van der Waals surface area (Å²) in [7, 11) is 0. The second kappa shape index (κ2) is 4.55. The van der Waals surface area contributed by atoms with Gasteiger partial charge in [-0.05, 0) is 34.1 Å². The fourth-order valence-electron chi connectivity index (χ4n) is 1.82. The van der Waals surface area contributed by atoms with Crippen molar-refractivity contribution >= 4 is 33.3 Å². The van der Waals surface area contributed by atoms with E-state index in [0.29, 0.717) is 27.0 Å². The predicted molar refractivity (Wildman–Crippen MR) is 70.4 cm³/mol. The molecule has 0 unspecified atom stereocenters. The summed E-state index contributed by atoms with van der Waals surface area (Å²) in [5, 5.41) is 2.68. The van der Waals surface area contributed by atoms with Crippen LogP contribution >= 0.6 is 15.9 Å². The van der Waals surface area contributed by atoms with Crippen LogP contribution in [0.25, 0.3) is 0 Å². The fraction of sp³-hybridized carbons (Fsp3) is 0.0769. The number of carbonyl (C=O) groups is 2. The number of hydrogen-bond donors (Lipinski definition) is 1. The van der Waals surface area contributed by atoms with Crippen molar-refractivity contribution in [1.82, 2.24) is 0 Å². The van der Waals surface area contributed by atoms with Crippen molar-refractivity contribution in [2.24, 2.45) is 0 Å². The van der Waals surface area contributed by atoms with Gasteiger partial charge in [0.25, 0.3) is 5.91 Å². The Labute approximate surface area is 116 Å². The van der Waals surface area contributed by atoms with Gasteiger partial charge in [0.05, 0.1) is 17.5 Å². The van der Waals surface area contributed by atoms with Crippen LogP contribution in [0, 0.1) is 0 Å². The van der Waals surface area contributed by atoms with Crippen molar-refractivity contribution < 1.29 is 18.7 Å². The van der Waals surface area contributed by atoms with Gasteiger partial charge in [-0.15, -0.1) is 0 Å². The molecule has 1 N–H and O–H groups in total. The van der Waals surface area contributed by atoms with Crippen LogP contribution < -0.4 is 10.1 Å². The van der Waals surface area contributed by atoms with Gasteiger partial charge in [-0.2, -0.15) is 0 Å². The lowest BCUT2D eigenvalue weighted by molar-refractivity contribution is -0.118. The minimum atomic E-state index is -0.215. The minimum Gasteiger partial charge on any atom is -0.482 e. The number of halogens is 1. The Hall–Kier alpha value is -2.08. The zero-order chi connectivity index (χ0) is 13.4. The van der Waals surface area contributed by atoms with Crippen LogP contribution in [0.15, 0.2) is 39.6 Å². The maximum atomic E-state index is 12.2. The van der Waals surface area contributed by atoms with E-state index in [4.69, 9.17) is 9.15 Å². The molecule has 0 aliphatic carbocycles. The zero-order valence-corrected chi connectivity index (χ0v) is 11.2. The average Bonchev–Trinajstić information content (AvgIpc) is 2.91. The largest absolute Gasteiger partial charge is 0.482 e. The molecule has 2 heterocycles. The van der Waals surface area contributed by atoms with E-state index in [9.17, 15) is 9.59 Å². The molecule has 1 aromatic carbocycles. The molecule has 96 valence electrons. The molecule has 2 aromatic rings. The lowest BCUT2D eigenvalue weighted by Gasteiger charge is -2.19. The third-order valence-electron chi connectivity index (χ3n) is 2.73. The Morgan fingerprint density at radius 2 is 2.21 bits per heavy atom. The van der Waals surface area contributed by atoms with E-state index in [-0.39, 0.29) is 18.3 Å². The molecule has 6 heteroatoms. The normalized spacial score (nSPS) is 13.4. The van der Waals surface area contributed by atoms with Crippen LogP contribution in [0.4, 0.5) is 5.69 Å². The number of amides is 1. The summed E-state index contributed by atoms with van der Waals surface area (Å²) >= 11 is 3.32. The number of ketones is 1. The number of fused-ring (bicyclic) bond motifs is 1. The van der Waals surface area contributed by atoms with Gasteiger partial charge in [0, 0.05) is 10.0 Å². The van der Waals surface area contributed by atoms with E-state index in [2.05, 4.69) is 21.2 Å². The summed E-state index contributed by atoms with van der Waals surface area (Å²) in [5.74, 6) is 0.0897. The van der Waals surface area contributed by atoms with Crippen molar-refractivity contribution in [2.45, 2.75) is 0 Å². The second-order valence-electron chi connectivity index (χ2n) is 4.01. The summed E-state index contributed by atoms with van der Waals surface area (Å²) in [5.41, 5.74) is 1.46. The first-order valence-corrected chi connectivity index (χ1v) is 6.27. The van der Waals surface area contributed by atoms with E-state index in [1.54, 1.807) is 18.2 Å². The topological polar surface area (TPSA) is 68.5 Å². The molecule has 1 aliphatic rings. The van der Waals surface area contributed by atoms with Gasteiger partial charge < -0.3 is 14.5 Å². The molecule has 1 amide bonds. The number of carbonyl (C=O) groups excluding carboxylic acids is 2. The first-order valence-electron chi connectivity index (χ1n) is 5.48. The monoisotopic (exact) mass is 321 g/mol. The number of benzene rings is 1. The molecule has 0 saturated carbocycles. The molecular formula is C13H8BrNO4. The van der Waals surface area contributed by atoms with Crippen molar-refractivity contribution in [3.63, 3.8) is 0 Å². The molecular weight excluding hydrogens is 314 g/mol. The van der Waals surface area contributed by atoms with Crippen LogP contribution in [0.3, 0.4) is 0 Å². The van der Waals surface area contributed by atoms with E-state index in [1.165, 1.54) is 12.5 Å². The first kappa shape index (κ1) is 12.0. The lowest BCUT2D eigenvalue weighted by atomic mass is 10.0. The Morgan fingerprint density at radius 3 is 2.95 bits per heavy atom. The first-order chi connectivity index (χ1) is 9.15. The zero-order valence-electron chi connectivity index (χ0n) is 9.60. The van der Waals surface area contributed by atoms with E-state index in [1.807, 2.05) is 0 Å². The molecule has 0 radical (unpaired) electrons. The lowest BCUT2D eigenvalue weighted by Crippen LogP contribution is -2.25. The molecule has 0 atom stereocenters. The van der Waals surface area contributed by atoms with Crippen molar-refractivity contribution in [3.05, 3.63) is 46.3 Å². The fourth-order valence-corrected chi connectivity index (χ4v) is 2.35. The summed E-state index contributed by atoms with van der Waals surface area (Å²) in [6.07, 6.45) is 2.83. The van der Waals surface area contributed by atoms with Gasteiger partial charge in [-0.25, -0.2) is 0 Å². The molecule has 3 rings (SSSR count). The van der Waals surface area contributed by atoms with Gasteiger partial charge in [-0.3, -0.25) is 9.59 Å². The minimum absolute atomic E-state index is 0.0476. The van der Waals surface area contributed by atoms with Crippen LogP contribution in [0.1, 0.15) is 15.9 Å². The molecule has 1 aromatic heterocycles. The van der Waals surface area contributed by atoms with Gasteiger partial charge in [0.15, 0.2) is 12.4 Å². The number of furan rings is 1. The maximum absolute atomic E-state index is 12.2. The highest BCUT2D eigenvalue weighted by Gasteiger charge is 2.21. The average molecular weight is 322 g/mol. The number of rotatable bonds is 2. The summed E-state index contributed by atoms with van der Waals surface area (Å²) in [6.45, 7) is -0.0476. The van der Waals surface area contributed by atoms with E-state index < -0.39 is 0 Å². The number of hydrogen-bond acceptors (Lipinski definition) is 4. The van der Waals surface area contributed by atoms with Gasteiger partial charge in [0.2, 0.25) is 0 Å². The third-order valence-corrected chi connectivity index (χ3v) is 3.39. The standard InChI is InChI=1S/C13H8BrNO4/c14-9-4-10-11(19-6-12(16)15-10)3-8(9)13(17)7-1-2-18-5-7/h1-5H,6H2,(H,15,16). The molecule has 1 aliphatic heterocycles. The third kappa shape index (κ3) is 2.15. The van der Waals surface area contributed by atoms with E-state index in [0.717, 1.165) is 0 Å². The van der Waals surface area contributed by atoms with Crippen LogP contribution in [0.2, 0.25) is 0 Å². The molecule has 0 saturated heterocycles. The molecule has 0 bridgehead atoms. The molecule has 0 fully saturated rings. The van der Waals surface area contributed by atoms with E-state index >= 15 is 0 Å².